The summed E-state index contributed by atoms with van der Waals surface area (Å²) in [6.07, 6.45) is -3.17. The molecule has 0 unspecified atom stereocenters. The molecule has 0 spiro atoms. The van der Waals surface area contributed by atoms with Crippen LogP contribution in [0.25, 0.3) is 0 Å². The van der Waals surface area contributed by atoms with Gasteiger partial charge >= 0.3 is 6.18 Å². The van der Waals surface area contributed by atoms with Gasteiger partial charge in [0.15, 0.2) is 5.69 Å². The third-order valence-corrected chi connectivity index (χ3v) is 2.43. The van der Waals surface area contributed by atoms with Crippen molar-refractivity contribution in [1.82, 2.24) is 9.78 Å². The predicted octanol–water partition coefficient (Wildman–Crippen LogP) is 3.15. The second-order valence-electron chi connectivity index (χ2n) is 3.90. The SMILES string of the molecule is Fc1cccc(NCCn2ccc(C(F)(F)F)n2)c1. The van der Waals surface area contributed by atoms with Crippen molar-refractivity contribution in [1.29, 1.82) is 0 Å². The molecule has 102 valence electrons. The first-order chi connectivity index (χ1) is 8.95. The summed E-state index contributed by atoms with van der Waals surface area (Å²) in [6.45, 7) is 0.606. The van der Waals surface area contributed by atoms with Crippen molar-refractivity contribution in [2.75, 3.05) is 11.9 Å². The van der Waals surface area contributed by atoms with Crippen molar-refractivity contribution >= 4 is 5.69 Å². The molecule has 0 saturated carbocycles. The molecule has 1 heterocycles. The highest BCUT2D eigenvalue weighted by Crippen LogP contribution is 2.27. The maximum atomic E-state index is 12.9. The van der Waals surface area contributed by atoms with Crippen LogP contribution in [0.15, 0.2) is 36.5 Å². The molecule has 7 heteroatoms. The van der Waals surface area contributed by atoms with Crippen LogP contribution < -0.4 is 5.32 Å². The molecule has 19 heavy (non-hydrogen) atoms. The fourth-order valence-electron chi connectivity index (χ4n) is 1.55. The Hall–Kier alpha value is -2.05. The summed E-state index contributed by atoms with van der Waals surface area (Å²) < 4.78 is 51.0. The molecule has 0 radical (unpaired) electrons. The Kier molecular flexibility index (Phi) is 3.73. The highest BCUT2D eigenvalue weighted by molar-refractivity contribution is 5.42. The van der Waals surface area contributed by atoms with Crippen molar-refractivity contribution in [3.8, 4) is 0 Å². The molecule has 0 saturated heterocycles. The van der Waals surface area contributed by atoms with E-state index in [4.69, 9.17) is 0 Å². The van der Waals surface area contributed by atoms with E-state index in [9.17, 15) is 17.6 Å². The number of anilines is 1. The minimum Gasteiger partial charge on any atom is -0.383 e. The van der Waals surface area contributed by atoms with E-state index in [1.165, 1.54) is 23.0 Å². The van der Waals surface area contributed by atoms with Gasteiger partial charge < -0.3 is 5.32 Å². The lowest BCUT2D eigenvalue weighted by atomic mass is 10.3. The molecule has 3 nitrogen and oxygen atoms in total. The Balaban J connectivity index is 1.88. The predicted molar refractivity (Wildman–Crippen MR) is 62.1 cm³/mol. The summed E-state index contributed by atoms with van der Waals surface area (Å²) in [5.74, 6) is -0.372. The van der Waals surface area contributed by atoms with Gasteiger partial charge in [0.1, 0.15) is 5.82 Å². The second kappa shape index (κ2) is 5.29. The number of benzene rings is 1. The van der Waals surface area contributed by atoms with E-state index in [1.54, 1.807) is 12.1 Å². The molecule has 2 rings (SSSR count). The zero-order valence-corrected chi connectivity index (χ0v) is 9.78. The van der Waals surface area contributed by atoms with Gasteiger partial charge in [0.25, 0.3) is 0 Å². The molecule has 0 aliphatic heterocycles. The molecule has 0 amide bonds. The van der Waals surface area contributed by atoms with Gasteiger partial charge in [-0.1, -0.05) is 6.07 Å². The van der Waals surface area contributed by atoms with Gasteiger partial charge in [0, 0.05) is 18.4 Å². The molecule has 1 aromatic carbocycles. The van der Waals surface area contributed by atoms with Crippen molar-refractivity contribution in [2.24, 2.45) is 0 Å². The summed E-state index contributed by atoms with van der Waals surface area (Å²) in [5.41, 5.74) is -0.346. The van der Waals surface area contributed by atoms with Crippen LogP contribution in [-0.2, 0) is 12.7 Å². The van der Waals surface area contributed by atoms with Gasteiger partial charge in [-0.05, 0) is 24.3 Å². The normalized spacial score (nSPS) is 11.6. The lowest BCUT2D eigenvalue weighted by molar-refractivity contribution is -0.141. The van der Waals surface area contributed by atoms with Crippen LogP contribution in [0.5, 0.6) is 0 Å². The topological polar surface area (TPSA) is 29.9 Å². The number of nitrogens with zero attached hydrogens (tertiary/aromatic N) is 2. The van der Waals surface area contributed by atoms with Crippen molar-refractivity contribution in [3.63, 3.8) is 0 Å². The largest absolute Gasteiger partial charge is 0.435 e. The number of alkyl halides is 3. The number of hydrogen-bond acceptors (Lipinski definition) is 2. The van der Waals surface area contributed by atoms with E-state index in [-0.39, 0.29) is 12.4 Å². The van der Waals surface area contributed by atoms with E-state index in [1.807, 2.05) is 0 Å². The average molecular weight is 273 g/mol. The Labute approximate surface area is 106 Å². The highest BCUT2D eigenvalue weighted by Gasteiger charge is 2.33. The third-order valence-electron chi connectivity index (χ3n) is 2.43. The maximum absolute atomic E-state index is 12.9. The van der Waals surface area contributed by atoms with Crippen LogP contribution in [0.4, 0.5) is 23.2 Å². The quantitative estimate of drug-likeness (QED) is 0.867. The molecule has 0 aliphatic rings. The van der Waals surface area contributed by atoms with Crippen molar-refractivity contribution in [2.45, 2.75) is 12.7 Å². The molecule has 0 atom stereocenters. The first-order valence-electron chi connectivity index (χ1n) is 5.55. The van der Waals surface area contributed by atoms with Gasteiger partial charge in [0.2, 0.25) is 0 Å². The van der Waals surface area contributed by atoms with Gasteiger partial charge in [-0.25, -0.2) is 4.39 Å². The van der Waals surface area contributed by atoms with Crippen LogP contribution in [0.3, 0.4) is 0 Å². The van der Waals surface area contributed by atoms with E-state index >= 15 is 0 Å². The van der Waals surface area contributed by atoms with E-state index in [2.05, 4.69) is 10.4 Å². The maximum Gasteiger partial charge on any atom is 0.435 e. The van der Waals surface area contributed by atoms with E-state index in [0.29, 0.717) is 12.2 Å². The van der Waals surface area contributed by atoms with Crippen LogP contribution in [-0.4, -0.2) is 16.3 Å². The van der Waals surface area contributed by atoms with Crippen LogP contribution in [0.1, 0.15) is 5.69 Å². The van der Waals surface area contributed by atoms with Gasteiger partial charge in [-0.2, -0.15) is 18.3 Å². The summed E-state index contributed by atoms with van der Waals surface area (Å²) in [5, 5.41) is 6.31. The highest BCUT2D eigenvalue weighted by atomic mass is 19.4. The number of nitrogens with one attached hydrogen (secondary N) is 1. The number of halogens is 4. The lowest BCUT2D eigenvalue weighted by Crippen LogP contribution is -2.13. The minimum absolute atomic E-state index is 0.257. The Morgan fingerprint density at radius 3 is 2.63 bits per heavy atom. The molecule has 0 bridgehead atoms. The molecule has 0 aliphatic carbocycles. The fourth-order valence-corrected chi connectivity index (χ4v) is 1.55. The minimum atomic E-state index is -4.43. The molecular weight excluding hydrogens is 262 g/mol. The summed E-state index contributed by atoms with van der Waals surface area (Å²) in [7, 11) is 0. The molecule has 2 aromatic rings. The number of aromatic nitrogens is 2. The fraction of sp³-hybridized carbons (Fsp3) is 0.250. The molecule has 1 aromatic heterocycles. The Morgan fingerprint density at radius 2 is 2.00 bits per heavy atom. The average Bonchev–Trinajstić information content (AvgIpc) is 2.77. The van der Waals surface area contributed by atoms with Crippen LogP contribution in [0, 0.1) is 5.82 Å². The first-order valence-corrected chi connectivity index (χ1v) is 5.55. The zero-order valence-electron chi connectivity index (χ0n) is 9.78. The Morgan fingerprint density at radius 1 is 1.21 bits per heavy atom. The summed E-state index contributed by atoms with van der Waals surface area (Å²) in [6, 6.07) is 6.77. The van der Waals surface area contributed by atoms with Crippen LogP contribution in [0.2, 0.25) is 0 Å². The zero-order chi connectivity index (χ0) is 13.9. The standard InChI is InChI=1S/C12H11F4N3/c13-9-2-1-3-10(8-9)17-5-7-19-6-4-11(18-19)12(14,15)16/h1-4,6,8,17H,5,7H2. The number of rotatable bonds is 4. The van der Waals surface area contributed by atoms with Gasteiger partial charge in [0.05, 0.1) is 6.54 Å². The van der Waals surface area contributed by atoms with Gasteiger partial charge in [-0.15, -0.1) is 0 Å². The smallest absolute Gasteiger partial charge is 0.383 e. The molecule has 1 N–H and O–H groups in total. The van der Waals surface area contributed by atoms with E-state index in [0.717, 1.165) is 6.07 Å². The molecular formula is C12H11F4N3. The third kappa shape index (κ3) is 3.70. The van der Waals surface area contributed by atoms with E-state index < -0.39 is 11.9 Å². The lowest BCUT2D eigenvalue weighted by Gasteiger charge is -2.06. The monoisotopic (exact) mass is 273 g/mol. The number of hydrogen-bond donors (Lipinski definition) is 1. The van der Waals surface area contributed by atoms with Crippen molar-refractivity contribution < 1.29 is 17.6 Å². The Bertz CT molecular complexity index is 548. The van der Waals surface area contributed by atoms with Gasteiger partial charge in [-0.3, -0.25) is 4.68 Å². The van der Waals surface area contributed by atoms with Crippen molar-refractivity contribution in [3.05, 3.63) is 48.0 Å². The summed E-state index contributed by atoms with van der Waals surface area (Å²) >= 11 is 0. The second-order valence-corrected chi connectivity index (χ2v) is 3.90. The summed E-state index contributed by atoms with van der Waals surface area (Å²) in [4.78, 5) is 0. The van der Waals surface area contributed by atoms with Crippen LogP contribution >= 0.6 is 0 Å². The first kappa shape index (κ1) is 13.4. The molecule has 0 fully saturated rings.